The zero-order valence-corrected chi connectivity index (χ0v) is 80.8. The molecule has 0 saturated carbocycles. The van der Waals surface area contributed by atoms with Crippen molar-refractivity contribution in [3.8, 4) is 18.2 Å². The van der Waals surface area contributed by atoms with Crippen LogP contribution < -0.4 is 22.9 Å². The van der Waals surface area contributed by atoms with Crippen LogP contribution in [0, 0.1) is 34.0 Å². The van der Waals surface area contributed by atoms with E-state index in [4.69, 9.17) is 65.9 Å². The van der Waals surface area contributed by atoms with Crippen LogP contribution in [0.5, 0.6) is 0 Å². The molecule has 0 aliphatic carbocycles. The van der Waals surface area contributed by atoms with E-state index in [9.17, 15) is 96.6 Å². The summed E-state index contributed by atoms with van der Waals surface area (Å²) in [4.78, 5) is 66.6. The van der Waals surface area contributed by atoms with Gasteiger partial charge in [0.2, 0.25) is 22.6 Å². The Morgan fingerprint density at radius 3 is 1.31 bits per heavy atom. The van der Waals surface area contributed by atoms with Crippen molar-refractivity contribution in [2.45, 2.75) is 182 Å². The number of nitrogen functional groups attached to an aromatic ring is 4. The first kappa shape index (κ1) is 104. The molecular formula is C94H95F2N13O25S7. The number of nitriles is 3. The number of hydrogen-bond acceptors (Lipinski definition) is 45. The number of aliphatic hydroxyl groups is 14. The summed E-state index contributed by atoms with van der Waals surface area (Å²) in [6.07, 6.45) is -6.65. The van der Waals surface area contributed by atoms with Crippen LogP contribution in [-0.2, 0) is 71.7 Å². The van der Waals surface area contributed by atoms with E-state index < -0.39 is 175 Å². The quantitative estimate of drug-likeness (QED) is 0.0310. The second-order valence-electron chi connectivity index (χ2n) is 34.1. The highest BCUT2D eigenvalue weighted by molar-refractivity contribution is 7.98. The number of hydrogen-bond donors (Lipinski definition) is 18. The monoisotopic (exact) mass is 2070 g/mol. The van der Waals surface area contributed by atoms with Gasteiger partial charge in [0.25, 0.3) is 0 Å². The normalized spacial score (nSPS) is 31.1. The van der Waals surface area contributed by atoms with Gasteiger partial charge in [0.15, 0.2) is 23.2 Å². The average molecular weight is 2070 g/mol. The van der Waals surface area contributed by atoms with Gasteiger partial charge in [-0.25, -0.2) is 18.4 Å². The van der Waals surface area contributed by atoms with Gasteiger partial charge in [-0.15, -0.1) is 79.8 Å². The van der Waals surface area contributed by atoms with Crippen molar-refractivity contribution < 1.29 is 133 Å². The topological polar surface area (TPSA) is 661 Å². The number of ether oxygens (including phenoxy) is 8. The molecule has 6 saturated heterocycles. The van der Waals surface area contributed by atoms with Crippen LogP contribution in [0.4, 0.5) is 37.2 Å². The van der Waals surface area contributed by atoms with Crippen molar-refractivity contribution >= 4 is 187 Å². The van der Waals surface area contributed by atoms with Gasteiger partial charge in [-0.3, -0.25) is 34.7 Å². The molecule has 1 unspecified atom stereocenters. The van der Waals surface area contributed by atoms with Crippen molar-refractivity contribution in [3.63, 3.8) is 0 Å². The lowest BCUT2D eigenvalue weighted by Gasteiger charge is -2.34. The van der Waals surface area contributed by atoms with Crippen LogP contribution in [0.2, 0.25) is 0 Å². The third kappa shape index (κ3) is 18.3. The number of aliphatic hydroxyl groups excluding tert-OH is 13. The molecule has 20 rings (SSSR count). The predicted octanol–water partition coefficient (Wildman–Crippen LogP) is 7.47. The lowest BCUT2D eigenvalue weighted by atomic mass is 9.83. The molecule has 0 spiro atoms. The maximum atomic E-state index is 17.0. The Labute approximate surface area is 828 Å². The SMILES string of the molecule is CSc1ccnc2c([C@]3(C)O[C@H](COC(=O)c4ccccc4)[C@@H](OC(=O)c4ccccc4)[C@@]3(C)F)scc12.C[C@@]1(c2scc3c(N)ccnc23)O[C@H](CO)[C@@H](O)[C@@]1(C)F.N#C[C@@]1(c2scc3c(N)ccnc23)O[C@H](CO)C[C@H]1O.N#C[C@@]1(c2scc3c(N)ccnc23)O[C@H](CO)[C@@H](O)[C@H]1O.N#C[C@@]1(c2scc3c2N=CCC3=O)O[C@H](CO)[C@@H](O)[C@H]1O.Nc1ccnc2c(C3(O)O[C@H](CO)[C@@H](O)[C@H]3O)scc12. The Morgan fingerprint density at radius 2 is 0.865 bits per heavy atom. The lowest BCUT2D eigenvalue weighted by Crippen LogP contribution is -2.49. The molecule has 742 valence electrons. The summed E-state index contributed by atoms with van der Waals surface area (Å²) in [6.45, 7) is 3.31. The second-order valence-corrected chi connectivity index (χ2v) is 40.2. The maximum absolute atomic E-state index is 17.0. The summed E-state index contributed by atoms with van der Waals surface area (Å²) in [5.41, 5.74) is 17.3. The van der Waals surface area contributed by atoms with E-state index >= 15 is 8.78 Å². The summed E-state index contributed by atoms with van der Waals surface area (Å²) < 4.78 is 77.2. The Balaban J connectivity index is 0.000000130. The fraction of sp³-hybridized carbons (Fsp3) is 0.383. The summed E-state index contributed by atoms with van der Waals surface area (Å²) in [6, 6.07) is 31.2. The lowest BCUT2D eigenvalue weighted by molar-refractivity contribution is -0.236. The molecule has 47 heteroatoms. The fourth-order valence-corrected chi connectivity index (χ4v) is 25.1. The number of halogens is 2. The molecule has 141 heavy (non-hydrogen) atoms. The average Bonchev–Trinajstić information content (AvgIpc) is 1.57. The molecule has 23 atom stereocenters. The van der Waals surface area contributed by atoms with E-state index in [1.54, 1.807) is 156 Å². The van der Waals surface area contributed by atoms with Crippen LogP contribution in [-0.4, -0.2) is 269 Å². The Morgan fingerprint density at radius 1 is 0.468 bits per heavy atom. The first-order chi connectivity index (χ1) is 67.3. The van der Waals surface area contributed by atoms with Gasteiger partial charge in [-0.1, -0.05) is 36.4 Å². The molecule has 18 heterocycles. The minimum atomic E-state index is -2.18. The number of benzene rings is 2. The highest BCUT2D eigenvalue weighted by atomic mass is 32.2. The predicted molar refractivity (Wildman–Crippen MR) is 518 cm³/mol. The molecule has 0 radical (unpaired) electrons. The number of pyridine rings is 5. The minimum Gasteiger partial charge on any atom is -0.459 e. The molecular weight excluding hydrogens is 1970 g/mol. The number of ketones is 1. The number of aliphatic imine (C=N–C) groups is 1. The van der Waals surface area contributed by atoms with E-state index in [1.807, 2.05) is 29.8 Å². The summed E-state index contributed by atoms with van der Waals surface area (Å²) >= 11 is 8.86. The minimum absolute atomic E-state index is 0.123. The first-order valence-electron chi connectivity index (χ1n) is 43.2. The number of rotatable bonds is 17. The smallest absolute Gasteiger partial charge is 0.338 e. The van der Waals surface area contributed by atoms with Crippen molar-refractivity contribution in [2.24, 2.45) is 4.99 Å². The molecule has 0 bridgehead atoms. The van der Waals surface area contributed by atoms with Crippen LogP contribution in [0.1, 0.15) is 101 Å². The molecule has 2 aromatic carbocycles. The number of fused-ring (bicyclic) bond motifs is 6. The highest BCUT2D eigenvalue weighted by Gasteiger charge is 2.68. The van der Waals surface area contributed by atoms with Gasteiger partial charge in [0.05, 0.1) is 118 Å². The first-order valence-corrected chi connectivity index (χ1v) is 49.7. The largest absolute Gasteiger partial charge is 0.459 e. The van der Waals surface area contributed by atoms with Crippen LogP contribution >= 0.6 is 79.8 Å². The third-order valence-corrected chi connectivity index (χ3v) is 33.2. The molecule has 38 nitrogen and oxygen atoms in total. The van der Waals surface area contributed by atoms with Crippen LogP contribution in [0.15, 0.2) is 164 Å². The zero-order chi connectivity index (χ0) is 102. The summed E-state index contributed by atoms with van der Waals surface area (Å²) in [7, 11) is 0. The third-order valence-electron chi connectivity index (χ3n) is 25.7. The number of nitrogens with zero attached hydrogens (tertiary/aromatic N) is 9. The molecule has 7 aliphatic heterocycles. The highest BCUT2D eigenvalue weighted by Crippen LogP contribution is 2.58. The summed E-state index contributed by atoms with van der Waals surface area (Å²) in [5.74, 6) is -3.50. The molecule has 6 fully saturated rings. The number of esters is 2. The second kappa shape index (κ2) is 41.8. The number of thiophene rings is 6. The number of aromatic nitrogens is 5. The zero-order valence-electron chi connectivity index (χ0n) is 75.1. The standard InChI is InChI=1S/C29H26FNO5S2.C14H17FN2O3S.C13H13N3O4S.C13H13N3O3S.C13H12N2O5S.C12H14N2O5S/c1-28(30)24(35-27(33)19-12-8-5-9-13-19)21(16-34-26(32)18-10-6-4-7-11-18)36-29(28,2)25-23-20(17-38-25)22(37-3)14-15-31-23;1-13(15)11(19)9(5-18)20-14(13,2)12-10-7(6-21-12)8(16)3-4-17-10;14-5-13(11(19)10(18)8(3-17)20-13)12-9-6(4-21-12)7(15)1-2-16-9;14-6-13(10(18)3-7(4-17)19-13)12-11-8(5-20-12)9(15)1-2-16-11;14-5-13(11(19)10(18)8(3-16)20-13)12-9-6(4-21-12)7(17)1-2-15-9;13-6-1-2-14-8-5(6)4-20-11(8)12(18)10(17)9(16)7(3-15)19-12/h4-15,17,21,24H,16H2,1-3H3;3-4,6,9,11,18-19H,5,16H2,1-2H3;1-2,4,8,10-11,17-19H,3,15H2;1-2,5,7,10,17-18H,3-4,15H2;2,4,8,10-11,16,18-19H,1,3H2;1-2,4,7,9-10,15-18H,3,13H2/t21-,24-,28-,29+;9-,11-,13-,14+;8-,10-,11-,13-;7-,10+,13+;8-,10-,11-,13-;7-,9-,10-,12?/m111011/s1. The van der Waals surface area contributed by atoms with Gasteiger partial charge in [0.1, 0.15) is 115 Å². The van der Waals surface area contributed by atoms with E-state index in [1.165, 1.54) is 77.8 Å². The van der Waals surface area contributed by atoms with Gasteiger partial charge in [0, 0.05) is 137 Å². The fourth-order valence-electron chi connectivity index (χ4n) is 17.5. The van der Waals surface area contributed by atoms with Gasteiger partial charge in [-0.2, -0.15) is 15.8 Å². The number of carbonyl (C=O) groups excluding carboxylic acids is 3. The van der Waals surface area contributed by atoms with Crippen molar-refractivity contribution in [1.29, 1.82) is 15.8 Å². The van der Waals surface area contributed by atoms with Gasteiger partial charge < -0.3 is 132 Å². The Hall–Kier alpha value is -10.9. The van der Waals surface area contributed by atoms with E-state index in [0.29, 0.717) is 97.4 Å². The molecule has 22 N–H and O–H groups in total. The number of nitrogens with two attached hydrogens (primary N) is 4. The Bertz CT molecular complexity index is 6950. The number of alkyl halides is 2. The molecule has 7 aliphatic rings. The van der Waals surface area contributed by atoms with Crippen molar-refractivity contribution in [1.82, 2.24) is 24.9 Å². The molecule has 11 aromatic heterocycles. The van der Waals surface area contributed by atoms with Crippen molar-refractivity contribution in [3.05, 3.63) is 200 Å². The number of anilines is 4. The Kier molecular flexibility index (Phi) is 30.9. The molecule has 13 aromatic rings. The van der Waals surface area contributed by atoms with Crippen LogP contribution in [0.3, 0.4) is 0 Å². The van der Waals surface area contributed by atoms with E-state index in [0.717, 1.165) is 43.7 Å². The number of Topliss-reactive ketones (excluding diaryl/α,β-unsaturated/α-hetero) is 1. The number of carbonyl (C=O) groups is 3. The van der Waals surface area contributed by atoms with Crippen LogP contribution in [0.25, 0.3) is 54.5 Å². The van der Waals surface area contributed by atoms with Gasteiger partial charge >= 0.3 is 11.9 Å². The molecule has 0 amide bonds. The van der Waals surface area contributed by atoms with Gasteiger partial charge in [-0.05, 0) is 88.5 Å². The summed E-state index contributed by atoms with van der Waals surface area (Å²) in [5, 5.41) is 180. The maximum Gasteiger partial charge on any atom is 0.338 e. The van der Waals surface area contributed by atoms with Crippen molar-refractivity contribution in [2.75, 3.05) is 68.8 Å². The van der Waals surface area contributed by atoms with E-state index in [2.05, 4.69) is 36.0 Å². The number of thioether (sulfide) groups is 1. The van der Waals surface area contributed by atoms with E-state index in [-0.39, 0.29) is 47.2 Å².